The van der Waals surface area contributed by atoms with E-state index in [1.807, 2.05) is 78.1 Å². The Bertz CT molecular complexity index is 2440. The van der Waals surface area contributed by atoms with Gasteiger partial charge in [-0.15, -0.1) is 11.8 Å². The Labute approximate surface area is 330 Å². The first kappa shape index (κ1) is 38.5. The number of pyridine rings is 3. The number of sulfonamides is 1. The fraction of sp³-hybridized carbons (Fsp3) is 0.244. The summed E-state index contributed by atoms with van der Waals surface area (Å²) in [5.41, 5.74) is 3.71. The first-order chi connectivity index (χ1) is 27.0. The molecule has 4 aromatic heterocycles. The van der Waals surface area contributed by atoms with Gasteiger partial charge in [-0.05, 0) is 106 Å². The Morgan fingerprint density at radius 3 is 2.54 bits per heavy atom. The molecule has 1 aliphatic heterocycles. The van der Waals surface area contributed by atoms with Crippen molar-refractivity contribution in [3.8, 4) is 0 Å². The van der Waals surface area contributed by atoms with Crippen LogP contribution in [0.1, 0.15) is 44.0 Å². The Balaban J connectivity index is 1.01. The minimum Gasteiger partial charge on any atom is -0.366 e. The number of aryl methyl sites for hydroxylation is 1. The van der Waals surface area contributed by atoms with Gasteiger partial charge in [-0.3, -0.25) is 9.59 Å². The number of hydrogen-bond donors (Lipinski definition) is 3. The Morgan fingerprint density at radius 1 is 0.946 bits per heavy atom. The molecule has 1 aliphatic rings. The molecule has 15 heteroatoms. The van der Waals surface area contributed by atoms with Crippen LogP contribution >= 0.6 is 11.8 Å². The summed E-state index contributed by atoms with van der Waals surface area (Å²) < 4.78 is 30.9. The molecule has 288 valence electrons. The molecule has 0 aliphatic carbocycles. The van der Waals surface area contributed by atoms with E-state index in [-0.39, 0.29) is 22.5 Å². The molecule has 7 rings (SSSR count). The second-order valence-corrected chi connectivity index (χ2v) is 16.6. The van der Waals surface area contributed by atoms with Gasteiger partial charge in [-0.1, -0.05) is 42.5 Å². The van der Waals surface area contributed by atoms with Crippen molar-refractivity contribution in [2.24, 2.45) is 0 Å². The average Bonchev–Trinajstić information content (AvgIpc) is 3.61. The zero-order valence-corrected chi connectivity index (χ0v) is 33.0. The lowest BCUT2D eigenvalue weighted by atomic mass is 9.94. The number of amides is 2. The molecule has 0 unspecified atom stereocenters. The van der Waals surface area contributed by atoms with E-state index in [4.69, 9.17) is 0 Å². The van der Waals surface area contributed by atoms with Crippen LogP contribution in [-0.2, 0) is 23.0 Å². The van der Waals surface area contributed by atoms with Crippen LogP contribution in [0.15, 0.2) is 119 Å². The maximum Gasteiger partial charge on any atom is 0.283 e. The normalized spacial score (nSPS) is 13.3. The third-order valence-electron chi connectivity index (χ3n) is 9.46. The van der Waals surface area contributed by atoms with Crippen LogP contribution in [-0.4, -0.2) is 83.5 Å². The van der Waals surface area contributed by atoms with Crippen molar-refractivity contribution in [2.75, 3.05) is 48.5 Å². The zero-order valence-electron chi connectivity index (χ0n) is 31.3. The third-order valence-corrected chi connectivity index (χ3v) is 11.9. The monoisotopic (exact) mass is 789 g/mol. The van der Waals surface area contributed by atoms with Gasteiger partial charge in [0, 0.05) is 47.7 Å². The maximum absolute atomic E-state index is 13.5. The number of aromatic nitrogens is 4. The van der Waals surface area contributed by atoms with Crippen molar-refractivity contribution in [3.05, 3.63) is 138 Å². The molecular formula is C41H43N9O4S2. The lowest BCUT2D eigenvalue weighted by molar-refractivity contribution is 0.0975. The molecule has 0 saturated carbocycles. The third kappa shape index (κ3) is 9.18. The number of carbonyl (C=O) groups is 2. The van der Waals surface area contributed by atoms with E-state index in [0.717, 1.165) is 35.5 Å². The highest BCUT2D eigenvalue weighted by Gasteiger charge is 2.26. The smallest absolute Gasteiger partial charge is 0.283 e. The first-order valence-corrected chi connectivity index (χ1v) is 20.7. The molecule has 5 heterocycles. The van der Waals surface area contributed by atoms with E-state index in [1.54, 1.807) is 43.1 Å². The van der Waals surface area contributed by atoms with Gasteiger partial charge in [0.2, 0.25) is 0 Å². The molecule has 56 heavy (non-hydrogen) atoms. The number of imidazole rings is 1. The Hall–Kier alpha value is -5.77. The van der Waals surface area contributed by atoms with E-state index in [9.17, 15) is 18.0 Å². The van der Waals surface area contributed by atoms with E-state index in [1.165, 1.54) is 23.2 Å². The van der Waals surface area contributed by atoms with Crippen LogP contribution < -0.4 is 20.3 Å². The number of rotatable bonds is 14. The minimum atomic E-state index is -4.28. The molecule has 3 N–H and O–H groups in total. The van der Waals surface area contributed by atoms with Crippen LogP contribution in [0.5, 0.6) is 0 Å². The summed E-state index contributed by atoms with van der Waals surface area (Å²) in [6, 6.07) is 27.9. The molecule has 6 aromatic rings. The van der Waals surface area contributed by atoms with Crippen LogP contribution in [0.3, 0.4) is 0 Å². The SMILES string of the molecule is Cc1cc(S(=O)(=O)NC(=O)c2cccc(N3CCc4cccc(C(=O)Nc5cn6ccccc6n5)c4C3)n2)cnc1N[C@H](CCN(C)C)CSc1ccccc1. The zero-order chi connectivity index (χ0) is 39.2. The molecule has 0 fully saturated rings. The van der Waals surface area contributed by atoms with E-state index in [0.29, 0.717) is 48.1 Å². The summed E-state index contributed by atoms with van der Waals surface area (Å²) in [5, 5.41) is 6.43. The van der Waals surface area contributed by atoms with Gasteiger partial charge in [0.1, 0.15) is 27.9 Å². The summed E-state index contributed by atoms with van der Waals surface area (Å²) in [5.74, 6) is 1.17. The van der Waals surface area contributed by atoms with E-state index < -0.39 is 15.9 Å². The predicted octanol–water partition coefficient (Wildman–Crippen LogP) is 5.89. The second kappa shape index (κ2) is 16.9. The minimum absolute atomic E-state index is 0.0580. The highest BCUT2D eigenvalue weighted by atomic mass is 32.2. The Morgan fingerprint density at radius 2 is 1.75 bits per heavy atom. The number of hydrogen-bond acceptors (Lipinski definition) is 11. The van der Waals surface area contributed by atoms with Gasteiger partial charge >= 0.3 is 0 Å². The van der Waals surface area contributed by atoms with Crippen molar-refractivity contribution in [2.45, 2.75) is 42.1 Å². The molecule has 0 spiro atoms. The lowest BCUT2D eigenvalue weighted by Crippen LogP contribution is -2.34. The lowest BCUT2D eigenvalue weighted by Gasteiger charge is -2.31. The summed E-state index contributed by atoms with van der Waals surface area (Å²) in [6.45, 7) is 3.62. The summed E-state index contributed by atoms with van der Waals surface area (Å²) in [4.78, 5) is 45.5. The van der Waals surface area contributed by atoms with Crippen molar-refractivity contribution in [1.29, 1.82) is 0 Å². The number of anilines is 3. The van der Waals surface area contributed by atoms with Gasteiger partial charge in [0.05, 0.1) is 6.20 Å². The van der Waals surface area contributed by atoms with Gasteiger partial charge < -0.3 is 24.8 Å². The molecule has 13 nitrogen and oxygen atoms in total. The van der Waals surface area contributed by atoms with E-state index in [2.05, 4.69) is 47.3 Å². The maximum atomic E-state index is 13.5. The second-order valence-electron chi connectivity index (χ2n) is 13.9. The number of nitrogens with one attached hydrogen (secondary N) is 3. The Kier molecular flexibility index (Phi) is 11.6. The number of thioether (sulfide) groups is 1. The molecule has 0 saturated heterocycles. The largest absolute Gasteiger partial charge is 0.366 e. The van der Waals surface area contributed by atoms with Crippen LogP contribution in [0, 0.1) is 6.92 Å². The fourth-order valence-electron chi connectivity index (χ4n) is 6.49. The molecular weight excluding hydrogens is 747 g/mol. The highest BCUT2D eigenvalue weighted by molar-refractivity contribution is 7.99. The highest BCUT2D eigenvalue weighted by Crippen LogP contribution is 2.28. The predicted molar refractivity (Wildman–Crippen MR) is 220 cm³/mol. The van der Waals surface area contributed by atoms with Crippen LogP contribution in [0.4, 0.5) is 17.5 Å². The average molecular weight is 790 g/mol. The van der Waals surface area contributed by atoms with Crippen molar-refractivity contribution >= 4 is 56.7 Å². The fourth-order valence-corrected chi connectivity index (χ4v) is 8.48. The number of fused-ring (bicyclic) bond motifs is 2. The topological polar surface area (TPSA) is 154 Å². The first-order valence-electron chi connectivity index (χ1n) is 18.2. The van der Waals surface area contributed by atoms with Gasteiger partial charge in [-0.2, -0.15) is 0 Å². The molecule has 2 aromatic carbocycles. The number of nitrogens with zero attached hydrogens (tertiary/aromatic N) is 6. The summed E-state index contributed by atoms with van der Waals surface area (Å²) >= 11 is 1.75. The van der Waals surface area contributed by atoms with E-state index >= 15 is 0 Å². The molecule has 1 atom stereocenters. The van der Waals surface area contributed by atoms with Crippen molar-refractivity contribution < 1.29 is 18.0 Å². The molecule has 2 amide bonds. The van der Waals surface area contributed by atoms with Crippen LogP contribution in [0.25, 0.3) is 5.65 Å². The number of benzene rings is 2. The molecule has 0 bridgehead atoms. The van der Waals surface area contributed by atoms with Crippen LogP contribution in [0.2, 0.25) is 0 Å². The number of carbonyl (C=O) groups excluding carboxylic acids is 2. The van der Waals surface area contributed by atoms with Gasteiger partial charge in [0.15, 0.2) is 5.82 Å². The van der Waals surface area contributed by atoms with Crippen molar-refractivity contribution in [3.63, 3.8) is 0 Å². The summed E-state index contributed by atoms with van der Waals surface area (Å²) in [6.07, 6.45) is 6.39. The van der Waals surface area contributed by atoms with Gasteiger partial charge in [-0.25, -0.2) is 28.1 Å². The summed E-state index contributed by atoms with van der Waals surface area (Å²) in [7, 11) is -0.218. The van der Waals surface area contributed by atoms with Gasteiger partial charge in [0.25, 0.3) is 21.8 Å². The standard InChI is InChI=1S/C41H43N9O4S2/c1-28-23-32(24-42-39(28)43-30(19-21-48(2)3)27-55-31-12-5-4-6-13-31)56(53,54)47-41(52)35-15-10-17-37(44-35)50-22-18-29-11-9-14-33(34(29)25-50)40(51)46-36-26-49-20-8-7-16-38(49)45-36/h4-17,20,23-24,26,30H,18-19,21-22,25,27H2,1-3H3,(H,42,43)(H,46,51)(H,47,52)/t30-/m1/s1. The van der Waals surface area contributed by atoms with Crippen molar-refractivity contribution in [1.82, 2.24) is 29.0 Å². The molecule has 0 radical (unpaired) electrons. The quantitative estimate of drug-likeness (QED) is 0.113.